The summed E-state index contributed by atoms with van der Waals surface area (Å²) in [7, 11) is 0. The first-order valence-electron chi connectivity index (χ1n) is 11.9. The summed E-state index contributed by atoms with van der Waals surface area (Å²) < 4.78 is 0. The van der Waals surface area contributed by atoms with Crippen molar-refractivity contribution in [1.29, 1.82) is 0 Å². The van der Waals surface area contributed by atoms with Crippen LogP contribution in [0.1, 0.15) is 117 Å². The second-order valence-electron chi connectivity index (χ2n) is 7.98. The number of hydrogen-bond donors (Lipinski definition) is 3. The predicted octanol–water partition coefficient (Wildman–Crippen LogP) is 5.90. The highest BCUT2D eigenvalue weighted by Gasteiger charge is 2.15. The van der Waals surface area contributed by atoms with Gasteiger partial charge in [0, 0.05) is 0 Å². The molecule has 1 unspecified atom stereocenters. The van der Waals surface area contributed by atoms with Crippen LogP contribution in [-0.2, 0) is 4.79 Å². The molecule has 4 heteroatoms. The lowest BCUT2D eigenvalue weighted by molar-refractivity contribution is -0.139. The van der Waals surface area contributed by atoms with E-state index in [-0.39, 0.29) is 6.04 Å². The minimum atomic E-state index is -0.708. The number of carboxylic acid groups (broad SMARTS) is 1. The fourth-order valence-electron chi connectivity index (χ4n) is 3.43. The van der Waals surface area contributed by atoms with Crippen LogP contribution in [0.5, 0.6) is 0 Å². The van der Waals surface area contributed by atoms with Crippen LogP contribution in [0, 0.1) is 0 Å². The van der Waals surface area contributed by atoms with Crippen LogP contribution < -0.4 is 10.6 Å². The standard InChI is InChI=1S/C23H48N2O2/c1-3-5-7-9-10-11-12-13-14-15-19-24-20-17-18-22(23(26)27)25-21-16-8-6-4-2/h22,24-25H,3-21H2,1-2H3,(H,26,27). The molecule has 0 aliphatic rings. The van der Waals surface area contributed by atoms with Gasteiger partial charge in [-0.15, -0.1) is 0 Å². The van der Waals surface area contributed by atoms with Gasteiger partial charge < -0.3 is 15.7 Å². The predicted molar refractivity (Wildman–Crippen MR) is 118 cm³/mol. The van der Waals surface area contributed by atoms with Gasteiger partial charge in [0.25, 0.3) is 0 Å². The number of rotatable bonds is 22. The minimum absolute atomic E-state index is 0.384. The number of unbranched alkanes of at least 4 members (excludes halogenated alkanes) is 12. The topological polar surface area (TPSA) is 61.4 Å². The third-order valence-electron chi connectivity index (χ3n) is 5.27. The van der Waals surface area contributed by atoms with Crippen molar-refractivity contribution < 1.29 is 9.90 Å². The highest BCUT2D eigenvalue weighted by atomic mass is 16.4. The summed E-state index contributed by atoms with van der Waals surface area (Å²) in [6.07, 6.45) is 20.0. The van der Waals surface area contributed by atoms with Crippen molar-refractivity contribution in [2.24, 2.45) is 0 Å². The second-order valence-corrected chi connectivity index (χ2v) is 7.98. The van der Waals surface area contributed by atoms with Gasteiger partial charge in [-0.25, -0.2) is 0 Å². The largest absolute Gasteiger partial charge is 0.480 e. The van der Waals surface area contributed by atoms with E-state index in [1.54, 1.807) is 0 Å². The van der Waals surface area contributed by atoms with Crippen molar-refractivity contribution in [1.82, 2.24) is 10.6 Å². The highest BCUT2D eigenvalue weighted by Crippen LogP contribution is 2.10. The molecule has 0 radical (unpaired) electrons. The second kappa shape index (κ2) is 21.7. The molecule has 0 aromatic rings. The third-order valence-corrected chi connectivity index (χ3v) is 5.27. The van der Waals surface area contributed by atoms with Crippen molar-refractivity contribution in [3.63, 3.8) is 0 Å². The molecular formula is C23H48N2O2. The first-order chi connectivity index (χ1) is 13.2. The molecule has 0 heterocycles. The minimum Gasteiger partial charge on any atom is -0.480 e. The molecule has 0 saturated heterocycles. The van der Waals surface area contributed by atoms with E-state index in [0.29, 0.717) is 6.42 Å². The quantitative estimate of drug-likeness (QED) is 0.203. The summed E-state index contributed by atoms with van der Waals surface area (Å²) in [4.78, 5) is 11.3. The maximum atomic E-state index is 11.3. The van der Waals surface area contributed by atoms with Crippen LogP contribution in [0.4, 0.5) is 0 Å². The number of aliphatic carboxylic acids is 1. The van der Waals surface area contributed by atoms with Crippen molar-refractivity contribution in [2.75, 3.05) is 19.6 Å². The lowest BCUT2D eigenvalue weighted by Crippen LogP contribution is -2.37. The van der Waals surface area contributed by atoms with E-state index in [1.807, 2.05) is 0 Å². The average molecular weight is 385 g/mol. The van der Waals surface area contributed by atoms with Gasteiger partial charge in [-0.3, -0.25) is 4.79 Å². The summed E-state index contributed by atoms with van der Waals surface area (Å²) in [5.41, 5.74) is 0. The van der Waals surface area contributed by atoms with Gasteiger partial charge in [0.05, 0.1) is 0 Å². The van der Waals surface area contributed by atoms with Gasteiger partial charge in [0.15, 0.2) is 0 Å². The van der Waals surface area contributed by atoms with E-state index < -0.39 is 5.97 Å². The van der Waals surface area contributed by atoms with Crippen molar-refractivity contribution in [2.45, 2.75) is 123 Å². The van der Waals surface area contributed by atoms with Crippen molar-refractivity contribution in [3.05, 3.63) is 0 Å². The maximum Gasteiger partial charge on any atom is 0.320 e. The van der Waals surface area contributed by atoms with Gasteiger partial charge in [0.2, 0.25) is 0 Å². The SMILES string of the molecule is CCCCCCCCCCCCNCCCC(NCCCCCC)C(=O)O. The van der Waals surface area contributed by atoms with Crippen LogP contribution >= 0.6 is 0 Å². The zero-order chi connectivity index (χ0) is 20.0. The Morgan fingerprint density at radius 2 is 1.11 bits per heavy atom. The first-order valence-corrected chi connectivity index (χ1v) is 11.9. The zero-order valence-electron chi connectivity index (χ0n) is 18.4. The van der Waals surface area contributed by atoms with Gasteiger partial charge in [-0.1, -0.05) is 90.9 Å². The number of hydrogen-bond acceptors (Lipinski definition) is 3. The summed E-state index contributed by atoms with van der Waals surface area (Å²) in [6, 6.07) is -0.384. The molecule has 0 bridgehead atoms. The number of carboxylic acids is 1. The molecule has 0 aromatic carbocycles. The Labute approximate surface area is 169 Å². The Morgan fingerprint density at radius 3 is 1.67 bits per heavy atom. The average Bonchev–Trinajstić information content (AvgIpc) is 2.66. The van der Waals surface area contributed by atoms with Crippen LogP contribution in [0.3, 0.4) is 0 Å². The molecule has 0 aliphatic heterocycles. The molecule has 0 spiro atoms. The first kappa shape index (κ1) is 26.4. The van der Waals surface area contributed by atoms with E-state index in [0.717, 1.165) is 32.5 Å². The van der Waals surface area contributed by atoms with Gasteiger partial charge in [-0.2, -0.15) is 0 Å². The lowest BCUT2D eigenvalue weighted by atomic mass is 10.1. The molecule has 162 valence electrons. The van der Waals surface area contributed by atoms with E-state index in [9.17, 15) is 9.90 Å². The van der Waals surface area contributed by atoms with E-state index >= 15 is 0 Å². The zero-order valence-corrected chi connectivity index (χ0v) is 18.4. The molecule has 0 rings (SSSR count). The number of nitrogens with one attached hydrogen (secondary N) is 2. The fraction of sp³-hybridized carbons (Fsp3) is 0.957. The summed E-state index contributed by atoms with van der Waals surface area (Å²) in [5, 5.41) is 16.0. The summed E-state index contributed by atoms with van der Waals surface area (Å²) in [6.45, 7) is 7.28. The van der Waals surface area contributed by atoms with Gasteiger partial charge in [0.1, 0.15) is 6.04 Å². The molecule has 0 fully saturated rings. The fourth-order valence-corrected chi connectivity index (χ4v) is 3.43. The summed E-state index contributed by atoms with van der Waals surface area (Å²) >= 11 is 0. The highest BCUT2D eigenvalue weighted by molar-refractivity contribution is 5.73. The Balaban J connectivity index is 3.36. The molecule has 3 N–H and O–H groups in total. The van der Waals surface area contributed by atoms with Gasteiger partial charge in [-0.05, 0) is 45.3 Å². The van der Waals surface area contributed by atoms with E-state index in [2.05, 4.69) is 24.5 Å². The molecule has 1 atom stereocenters. The van der Waals surface area contributed by atoms with Crippen LogP contribution in [0.25, 0.3) is 0 Å². The molecular weight excluding hydrogens is 336 g/mol. The molecule has 0 aliphatic carbocycles. The maximum absolute atomic E-state index is 11.3. The van der Waals surface area contributed by atoms with E-state index in [1.165, 1.54) is 83.5 Å². The summed E-state index contributed by atoms with van der Waals surface area (Å²) in [5.74, 6) is -0.708. The van der Waals surface area contributed by atoms with Crippen LogP contribution in [0.15, 0.2) is 0 Å². The molecule has 4 nitrogen and oxygen atoms in total. The molecule has 0 amide bonds. The van der Waals surface area contributed by atoms with Crippen LogP contribution in [0.2, 0.25) is 0 Å². The van der Waals surface area contributed by atoms with Crippen molar-refractivity contribution >= 4 is 5.97 Å². The molecule has 0 aromatic heterocycles. The molecule has 0 saturated carbocycles. The smallest absolute Gasteiger partial charge is 0.320 e. The Morgan fingerprint density at radius 1 is 0.667 bits per heavy atom. The molecule has 27 heavy (non-hydrogen) atoms. The van der Waals surface area contributed by atoms with Crippen LogP contribution in [-0.4, -0.2) is 36.8 Å². The lowest BCUT2D eigenvalue weighted by Gasteiger charge is -2.14. The monoisotopic (exact) mass is 384 g/mol. The van der Waals surface area contributed by atoms with Crippen molar-refractivity contribution in [3.8, 4) is 0 Å². The third kappa shape index (κ3) is 19.9. The normalized spacial score (nSPS) is 12.4. The number of carbonyl (C=O) groups is 1. The van der Waals surface area contributed by atoms with E-state index in [4.69, 9.17) is 0 Å². The Hall–Kier alpha value is -0.610. The Bertz CT molecular complexity index is 311. The Kier molecular flexibility index (Phi) is 21.2. The van der Waals surface area contributed by atoms with Gasteiger partial charge >= 0.3 is 5.97 Å².